The minimum atomic E-state index is -0.549. The summed E-state index contributed by atoms with van der Waals surface area (Å²) in [7, 11) is 0. The molecular weight excluding hydrogens is 146 g/mol. The van der Waals surface area contributed by atoms with Crippen LogP contribution in [0.25, 0.3) is 0 Å². The molecule has 0 spiro atoms. The molecule has 1 radical (unpaired) electrons. The quantitative estimate of drug-likeness (QED) is 0.624. The van der Waals surface area contributed by atoms with Crippen LogP contribution in [-0.4, -0.2) is 23.4 Å². The number of hydrogen-bond donors (Lipinski definition) is 2. The summed E-state index contributed by atoms with van der Waals surface area (Å²) < 4.78 is 4.85. The number of alkyl carbamates (subject to hydrolysis) is 1. The molecule has 0 atom stereocenters. The number of rotatable bonds is 2. The highest BCUT2D eigenvalue weighted by atomic mass is 16.6. The number of aliphatic hydroxyl groups excluding tert-OH is 1. The minimum Gasteiger partial charge on any atom is -0.444 e. The Morgan fingerprint density at radius 1 is 1.64 bits per heavy atom. The van der Waals surface area contributed by atoms with E-state index in [2.05, 4.69) is 5.32 Å². The van der Waals surface area contributed by atoms with Crippen molar-refractivity contribution in [2.75, 3.05) is 6.61 Å². The second-order valence-electron chi connectivity index (χ2n) is 3.03. The topological polar surface area (TPSA) is 58.6 Å². The van der Waals surface area contributed by atoms with E-state index in [1.54, 1.807) is 20.8 Å². The van der Waals surface area contributed by atoms with Crippen LogP contribution in [0.2, 0.25) is 0 Å². The molecule has 2 N–H and O–H groups in total. The van der Waals surface area contributed by atoms with Crippen molar-refractivity contribution in [3.63, 3.8) is 0 Å². The Labute approximate surface area is 66.5 Å². The van der Waals surface area contributed by atoms with Gasteiger partial charge in [0, 0.05) is 0 Å². The average Bonchev–Trinajstić information content (AvgIpc) is 1.79. The Kier molecular flexibility index (Phi) is 3.89. The first kappa shape index (κ1) is 10.2. The van der Waals surface area contributed by atoms with Gasteiger partial charge in [0.15, 0.2) is 0 Å². The van der Waals surface area contributed by atoms with Crippen molar-refractivity contribution in [1.82, 2.24) is 5.32 Å². The van der Waals surface area contributed by atoms with Gasteiger partial charge in [-0.3, -0.25) is 0 Å². The van der Waals surface area contributed by atoms with Crippen LogP contribution in [0.4, 0.5) is 4.79 Å². The standard InChI is InChI=1S/C7H14NO3/c1-7(2,3)11-6(10)8-4-5-9/h4,9H,5H2,1-3H3,(H,8,10). The molecule has 0 aliphatic heterocycles. The van der Waals surface area contributed by atoms with Gasteiger partial charge in [-0.1, -0.05) is 0 Å². The SMILES string of the molecule is CC(C)(C)OC(=O)N[CH]CO. The number of amides is 1. The fourth-order valence-electron chi connectivity index (χ4n) is 0.437. The smallest absolute Gasteiger partial charge is 0.408 e. The molecule has 0 unspecified atom stereocenters. The van der Waals surface area contributed by atoms with E-state index < -0.39 is 11.7 Å². The Morgan fingerprint density at radius 2 is 2.18 bits per heavy atom. The molecule has 0 aromatic heterocycles. The van der Waals surface area contributed by atoms with Gasteiger partial charge < -0.3 is 15.2 Å². The molecule has 0 aliphatic rings. The Balaban J connectivity index is 3.53. The van der Waals surface area contributed by atoms with Crippen molar-refractivity contribution in [1.29, 1.82) is 0 Å². The van der Waals surface area contributed by atoms with Crippen molar-refractivity contribution < 1.29 is 14.6 Å². The molecular formula is C7H14NO3. The lowest BCUT2D eigenvalue weighted by Gasteiger charge is -2.19. The zero-order valence-electron chi connectivity index (χ0n) is 7.05. The molecule has 4 heteroatoms. The van der Waals surface area contributed by atoms with Gasteiger partial charge in [-0.05, 0) is 20.8 Å². The van der Waals surface area contributed by atoms with Gasteiger partial charge >= 0.3 is 6.09 Å². The van der Waals surface area contributed by atoms with Crippen molar-refractivity contribution in [3.8, 4) is 0 Å². The molecule has 0 saturated heterocycles. The summed E-state index contributed by atoms with van der Waals surface area (Å²) in [5.74, 6) is 0. The first-order chi connectivity index (χ1) is 4.95. The number of ether oxygens (including phenoxy) is 1. The van der Waals surface area contributed by atoms with Crippen LogP contribution < -0.4 is 5.32 Å². The minimum absolute atomic E-state index is 0.195. The van der Waals surface area contributed by atoms with Crippen molar-refractivity contribution >= 4 is 6.09 Å². The summed E-state index contributed by atoms with van der Waals surface area (Å²) in [6, 6.07) is 0. The molecule has 11 heavy (non-hydrogen) atoms. The number of aliphatic hydroxyl groups is 1. The van der Waals surface area contributed by atoms with E-state index in [0.717, 1.165) is 0 Å². The van der Waals surface area contributed by atoms with Crippen LogP contribution >= 0.6 is 0 Å². The highest BCUT2D eigenvalue weighted by molar-refractivity contribution is 5.68. The van der Waals surface area contributed by atoms with Gasteiger partial charge in [0.25, 0.3) is 0 Å². The van der Waals surface area contributed by atoms with E-state index in [0.29, 0.717) is 0 Å². The molecule has 0 fully saturated rings. The van der Waals surface area contributed by atoms with E-state index in [4.69, 9.17) is 9.84 Å². The van der Waals surface area contributed by atoms with Gasteiger partial charge in [-0.15, -0.1) is 0 Å². The lowest BCUT2D eigenvalue weighted by atomic mass is 10.2. The Bertz CT molecular complexity index is 128. The summed E-state index contributed by atoms with van der Waals surface area (Å²) in [5, 5.41) is 10.5. The molecule has 0 aliphatic carbocycles. The number of carbonyl (C=O) groups excluding carboxylic acids is 1. The monoisotopic (exact) mass is 160 g/mol. The Morgan fingerprint density at radius 3 is 2.55 bits per heavy atom. The van der Waals surface area contributed by atoms with E-state index in [9.17, 15) is 4.79 Å². The second-order valence-corrected chi connectivity index (χ2v) is 3.03. The predicted molar refractivity (Wildman–Crippen MR) is 40.8 cm³/mol. The van der Waals surface area contributed by atoms with Gasteiger partial charge in [0.05, 0.1) is 13.2 Å². The maximum atomic E-state index is 10.7. The predicted octanol–water partition coefficient (Wildman–Crippen LogP) is 0.665. The van der Waals surface area contributed by atoms with Crippen molar-refractivity contribution in [3.05, 3.63) is 6.54 Å². The van der Waals surface area contributed by atoms with Crippen LogP contribution in [0.5, 0.6) is 0 Å². The first-order valence-corrected chi connectivity index (χ1v) is 3.38. The maximum absolute atomic E-state index is 10.7. The molecule has 1 amide bonds. The van der Waals surface area contributed by atoms with E-state index in [-0.39, 0.29) is 6.61 Å². The number of hydrogen-bond acceptors (Lipinski definition) is 3. The molecule has 65 valence electrons. The number of carbonyl (C=O) groups is 1. The molecule has 0 aromatic rings. The van der Waals surface area contributed by atoms with Crippen molar-refractivity contribution in [2.45, 2.75) is 26.4 Å². The first-order valence-electron chi connectivity index (χ1n) is 3.38. The van der Waals surface area contributed by atoms with Gasteiger partial charge in [0.2, 0.25) is 0 Å². The average molecular weight is 160 g/mol. The molecule has 0 rings (SSSR count). The lowest BCUT2D eigenvalue weighted by Crippen LogP contribution is -2.31. The van der Waals surface area contributed by atoms with Gasteiger partial charge in [-0.2, -0.15) is 0 Å². The normalized spacial score (nSPS) is 10.9. The van der Waals surface area contributed by atoms with Gasteiger partial charge in [0.1, 0.15) is 5.60 Å². The summed E-state index contributed by atoms with van der Waals surface area (Å²) in [5.41, 5.74) is -0.493. The molecule has 0 saturated carbocycles. The summed E-state index contributed by atoms with van der Waals surface area (Å²) in [6.07, 6.45) is -0.549. The highest BCUT2D eigenvalue weighted by Crippen LogP contribution is 2.06. The highest BCUT2D eigenvalue weighted by Gasteiger charge is 2.15. The maximum Gasteiger partial charge on any atom is 0.408 e. The summed E-state index contributed by atoms with van der Waals surface area (Å²) in [6.45, 7) is 6.33. The van der Waals surface area contributed by atoms with Crippen LogP contribution in [0.15, 0.2) is 0 Å². The van der Waals surface area contributed by atoms with Gasteiger partial charge in [-0.25, -0.2) is 4.79 Å². The molecule has 4 nitrogen and oxygen atoms in total. The molecule has 0 heterocycles. The van der Waals surface area contributed by atoms with Crippen LogP contribution in [-0.2, 0) is 4.74 Å². The largest absolute Gasteiger partial charge is 0.444 e. The van der Waals surface area contributed by atoms with Crippen LogP contribution in [0, 0.1) is 6.54 Å². The molecule has 0 bridgehead atoms. The zero-order valence-corrected chi connectivity index (χ0v) is 7.05. The van der Waals surface area contributed by atoms with Crippen molar-refractivity contribution in [2.24, 2.45) is 0 Å². The summed E-state index contributed by atoms with van der Waals surface area (Å²) in [4.78, 5) is 10.7. The zero-order chi connectivity index (χ0) is 8.91. The van der Waals surface area contributed by atoms with E-state index in [1.165, 1.54) is 6.54 Å². The summed E-state index contributed by atoms with van der Waals surface area (Å²) >= 11 is 0. The van der Waals surface area contributed by atoms with Crippen LogP contribution in [0.3, 0.4) is 0 Å². The molecule has 0 aromatic carbocycles. The van der Waals surface area contributed by atoms with Crippen LogP contribution in [0.1, 0.15) is 20.8 Å². The Hall–Kier alpha value is -0.770. The third kappa shape index (κ3) is 7.12. The second kappa shape index (κ2) is 4.18. The fraction of sp³-hybridized carbons (Fsp3) is 0.714. The third-order valence-electron chi connectivity index (χ3n) is 0.710. The number of nitrogens with one attached hydrogen (secondary N) is 1. The third-order valence-corrected chi connectivity index (χ3v) is 0.710. The lowest BCUT2D eigenvalue weighted by molar-refractivity contribution is 0.0536. The fourth-order valence-corrected chi connectivity index (χ4v) is 0.437. The van der Waals surface area contributed by atoms with E-state index in [1.807, 2.05) is 0 Å². The van der Waals surface area contributed by atoms with E-state index >= 15 is 0 Å².